The average Bonchev–Trinajstić information content (AvgIpc) is 2.52. The van der Waals surface area contributed by atoms with Crippen molar-refractivity contribution in [1.29, 1.82) is 0 Å². The highest BCUT2D eigenvalue weighted by molar-refractivity contribution is 5.16. The van der Waals surface area contributed by atoms with Gasteiger partial charge in [-0.2, -0.15) is 0 Å². The zero-order chi connectivity index (χ0) is 14.5. The van der Waals surface area contributed by atoms with Gasteiger partial charge >= 0.3 is 0 Å². The number of aryl methyl sites for hydroxylation is 1. The summed E-state index contributed by atoms with van der Waals surface area (Å²) in [5.41, 5.74) is 1.14. The fourth-order valence-corrected chi connectivity index (χ4v) is 1.20. The summed E-state index contributed by atoms with van der Waals surface area (Å²) in [5, 5.41) is 0. The molecule has 0 saturated carbocycles. The molecule has 0 saturated heterocycles. The van der Waals surface area contributed by atoms with E-state index >= 15 is 0 Å². The predicted octanol–water partition coefficient (Wildman–Crippen LogP) is 4.42. The van der Waals surface area contributed by atoms with Crippen LogP contribution in [0.1, 0.15) is 39.1 Å². The monoisotopic (exact) mass is 260 g/mol. The molecule has 3 nitrogen and oxygen atoms in total. The van der Waals surface area contributed by atoms with Crippen LogP contribution in [0, 0.1) is 6.92 Å². The topological polar surface area (TPSA) is 35.0 Å². The standard InChI is InChI=1S/C12H12N2O.2C2H6/c1-10-13-7-12(8-14-10)15-9-11-5-3-2-4-6-11;2*1-2/h2-8H,9H2,1H3;2*1-2H3. The number of ether oxygens (including phenoxy) is 1. The van der Waals surface area contributed by atoms with Gasteiger partial charge in [-0.05, 0) is 12.5 Å². The second-order valence-electron chi connectivity index (χ2n) is 3.24. The maximum Gasteiger partial charge on any atom is 0.156 e. The zero-order valence-corrected chi connectivity index (χ0v) is 12.6. The molecule has 0 aliphatic carbocycles. The van der Waals surface area contributed by atoms with Crippen LogP contribution in [-0.4, -0.2) is 9.97 Å². The first kappa shape index (κ1) is 17.1. The van der Waals surface area contributed by atoms with Crippen LogP contribution >= 0.6 is 0 Å². The van der Waals surface area contributed by atoms with Crippen LogP contribution in [0.3, 0.4) is 0 Å². The molecular formula is C16H24N2O. The van der Waals surface area contributed by atoms with Gasteiger partial charge in [0, 0.05) is 0 Å². The van der Waals surface area contributed by atoms with Crippen LogP contribution in [0.2, 0.25) is 0 Å². The highest BCUT2D eigenvalue weighted by Gasteiger charge is 1.95. The second-order valence-corrected chi connectivity index (χ2v) is 3.24. The van der Waals surface area contributed by atoms with E-state index in [4.69, 9.17) is 4.74 Å². The number of hydrogen-bond acceptors (Lipinski definition) is 3. The minimum absolute atomic E-state index is 0.549. The van der Waals surface area contributed by atoms with E-state index in [1.807, 2.05) is 65.0 Å². The van der Waals surface area contributed by atoms with Gasteiger partial charge in [0.15, 0.2) is 5.75 Å². The largest absolute Gasteiger partial charge is 0.486 e. The van der Waals surface area contributed by atoms with E-state index in [9.17, 15) is 0 Å². The third-order valence-corrected chi connectivity index (χ3v) is 2.01. The summed E-state index contributed by atoms with van der Waals surface area (Å²) in [6.45, 7) is 10.4. The maximum atomic E-state index is 5.52. The Morgan fingerprint density at radius 1 is 0.895 bits per heavy atom. The molecule has 0 unspecified atom stereocenters. The Bertz CT molecular complexity index is 413. The minimum atomic E-state index is 0.549. The Hall–Kier alpha value is -1.90. The fourth-order valence-electron chi connectivity index (χ4n) is 1.20. The first-order chi connectivity index (χ1) is 9.34. The Labute approximate surface area is 116 Å². The summed E-state index contributed by atoms with van der Waals surface area (Å²) in [6.07, 6.45) is 3.37. The Balaban J connectivity index is 0.000000741. The average molecular weight is 260 g/mol. The lowest BCUT2D eigenvalue weighted by molar-refractivity contribution is 0.303. The molecule has 0 fully saturated rings. The van der Waals surface area contributed by atoms with Crippen LogP contribution in [0.4, 0.5) is 0 Å². The highest BCUT2D eigenvalue weighted by atomic mass is 16.5. The molecule has 0 bridgehead atoms. The number of benzene rings is 1. The number of nitrogens with zero attached hydrogens (tertiary/aromatic N) is 2. The summed E-state index contributed by atoms with van der Waals surface area (Å²) in [4.78, 5) is 8.11. The minimum Gasteiger partial charge on any atom is -0.486 e. The van der Waals surface area contributed by atoms with Crippen molar-refractivity contribution in [2.75, 3.05) is 0 Å². The van der Waals surface area contributed by atoms with Crippen molar-refractivity contribution in [3.8, 4) is 5.75 Å². The summed E-state index contributed by atoms with van der Waals surface area (Å²) >= 11 is 0. The van der Waals surface area contributed by atoms with E-state index in [1.54, 1.807) is 12.4 Å². The van der Waals surface area contributed by atoms with E-state index in [0.717, 1.165) is 11.4 Å². The molecule has 104 valence electrons. The molecule has 3 heteroatoms. The molecule has 0 spiro atoms. The van der Waals surface area contributed by atoms with Gasteiger partial charge in [0.25, 0.3) is 0 Å². The molecule has 0 atom stereocenters. The summed E-state index contributed by atoms with van der Waals surface area (Å²) in [7, 11) is 0. The summed E-state index contributed by atoms with van der Waals surface area (Å²) < 4.78 is 5.52. The van der Waals surface area contributed by atoms with Crippen molar-refractivity contribution in [1.82, 2.24) is 9.97 Å². The molecule has 0 radical (unpaired) electrons. The van der Waals surface area contributed by atoms with Crippen LogP contribution in [0.15, 0.2) is 42.7 Å². The van der Waals surface area contributed by atoms with E-state index in [-0.39, 0.29) is 0 Å². The quantitative estimate of drug-likeness (QED) is 0.819. The SMILES string of the molecule is CC.CC.Cc1ncc(OCc2ccccc2)cn1. The Kier molecular flexibility index (Phi) is 10.1. The third kappa shape index (κ3) is 7.19. The number of aromatic nitrogens is 2. The van der Waals surface area contributed by atoms with E-state index < -0.39 is 0 Å². The normalized spacial score (nSPS) is 8.47. The third-order valence-electron chi connectivity index (χ3n) is 2.01. The first-order valence-corrected chi connectivity index (χ1v) is 6.80. The van der Waals surface area contributed by atoms with Crippen LogP contribution < -0.4 is 4.74 Å². The summed E-state index contributed by atoms with van der Waals surface area (Å²) in [6, 6.07) is 10.0. The maximum absolute atomic E-state index is 5.52. The second kappa shape index (κ2) is 11.2. The van der Waals surface area contributed by atoms with Crippen molar-refractivity contribution in [2.45, 2.75) is 41.2 Å². The number of rotatable bonds is 3. The van der Waals surface area contributed by atoms with Crippen molar-refractivity contribution < 1.29 is 4.74 Å². The highest BCUT2D eigenvalue weighted by Crippen LogP contribution is 2.09. The van der Waals surface area contributed by atoms with Gasteiger partial charge in [-0.15, -0.1) is 0 Å². The smallest absolute Gasteiger partial charge is 0.156 e. The lowest BCUT2D eigenvalue weighted by atomic mass is 10.2. The molecule has 1 heterocycles. The Morgan fingerprint density at radius 3 is 1.95 bits per heavy atom. The van der Waals surface area contributed by atoms with Crippen molar-refractivity contribution >= 4 is 0 Å². The predicted molar refractivity (Wildman–Crippen MR) is 80.2 cm³/mol. The van der Waals surface area contributed by atoms with Gasteiger partial charge in [-0.1, -0.05) is 58.0 Å². The van der Waals surface area contributed by atoms with Gasteiger partial charge < -0.3 is 4.74 Å². The molecule has 1 aromatic heterocycles. The molecular weight excluding hydrogens is 236 g/mol. The zero-order valence-electron chi connectivity index (χ0n) is 12.6. The molecule has 0 aliphatic rings. The molecule has 1 aromatic carbocycles. The first-order valence-electron chi connectivity index (χ1n) is 6.80. The van der Waals surface area contributed by atoms with Gasteiger partial charge in [0.2, 0.25) is 0 Å². The van der Waals surface area contributed by atoms with Crippen LogP contribution in [0.5, 0.6) is 5.75 Å². The lowest BCUT2D eigenvalue weighted by Crippen LogP contribution is -1.96. The summed E-state index contributed by atoms with van der Waals surface area (Å²) in [5.74, 6) is 1.45. The molecule has 0 aliphatic heterocycles. The van der Waals surface area contributed by atoms with E-state index in [1.165, 1.54) is 0 Å². The molecule has 0 N–H and O–H groups in total. The number of hydrogen-bond donors (Lipinski definition) is 0. The molecule has 2 rings (SSSR count). The van der Waals surface area contributed by atoms with Gasteiger partial charge in [0.1, 0.15) is 12.4 Å². The van der Waals surface area contributed by atoms with Crippen molar-refractivity contribution in [2.24, 2.45) is 0 Å². The van der Waals surface area contributed by atoms with Crippen molar-refractivity contribution in [3.63, 3.8) is 0 Å². The molecule has 0 amide bonds. The molecule has 19 heavy (non-hydrogen) atoms. The van der Waals surface area contributed by atoms with Gasteiger partial charge in [0.05, 0.1) is 12.4 Å². The molecule has 2 aromatic rings. The van der Waals surface area contributed by atoms with E-state index in [0.29, 0.717) is 12.4 Å². The van der Waals surface area contributed by atoms with Crippen LogP contribution in [0.25, 0.3) is 0 Å². The van der Waals surface area contributed by atoms with Crippen molar-refractivity contribution in [3.05, 3.63) is 54.1 Å². The fraction of sp³-hybridized carbons (Fsp3) is 0.375. The van der Waals surface area contributed by atoms with Gasteiger partial charge in [-0.3, -0.25) is 0 Å². The van der Waals surface area contributed by atoms with Crippen LogP contribution in [-0.2, 0) is 6.61 Å². The van der Waals surface area contributed by atoms with Gasteiger partial charge in [-0.25, -0.2) is 9.97 Å². The van der Waals surface area contributed by atoms with E-state index in [2.05, 4.69) is 9.97 Å². The Morgan fingerprint density at radius 2 is 1.42 bits per heavy atom. The lowest BCUT2D eigenvalue weighted by Gasteiger charge is -2.04.